The molecule has 6 heteroatoms. The average molecular weight is 323 g/mol. The summed E-state index contributed by atoms with van der Waals surface area (Å²) in [5.41, 5.74) is 1.90. The van der Waals surface area contributed by atoms with E-state index in [1.54, 1.807) is 53.5 Å². The molecule has 122 valence electrons. The standard InChI is InChI=1S/C18H17N3O3/c22-12-13-24-15-8-6-14(7-9-15)20-18(23)16-4-1-2-5-17(16)21-11-3-10-19-21/h1-11,22H,12-13H2,(H,20,23). The molecule has 24 heavy (non-hydrogen) atoms. The van der Waals surface area contributed by atoms with E-state index >= 15 is 0 Å². The summed E-state index contributed by atoms with van der Waals surface area (Å²) < 4.78 is 6.95. The molecule has 2 N–H and O–H groups in total. The van der Waals surface area contributed by atoms with Crippen LogP contribution in [0.3, 0.4) is 0 Å². The molecule has 0 radical (unpaired) electrons. The van der Waals surface area contributed by atoms with Gasteiger partial charge in [0.25, 0.3) is 5.91 Å². The van der Waals surface area contributed by atoms with Crippen molar-refractivity contribution in [2.45, 2.75) is 0 Å². The number of aliphatic hydroxyl groups excluding tert-OH is 1. The number of hydrogen-bond acceptors (Lipinski definition) is 4. The Bertz CT molecular complexity index is 799. The van der Waals surface area contributed by atoms with E-state index in [9.17, 15) is 4.79 Å². The number of rotatable bonds is 6. The Morgan fingerprint density at radius 1 is 1.12 bits per heavy atom. The minimum absolute atomic E-state index is 0.0390. The van der Waals surface area contributed by atoms with E-state index in [0.717, 1.165) is 0 Å². The first-order valence-corrected chi connectivity index (χ1v) is 7.52. The highest BCUT2D eigenvalue weighted by molar-refractivity contribution is 6.06. The molecule has 1 amide bonds. The third-order valence-electron chi connectivity index (χ3n) is 3.37. The molecule has 0 saturated heterocycles. The van der Waals surface area contributed by atoms with Crippen LogP contribution < -0.4 is 10.1 Å². The second-order valence-corrected chi connectivity index (χ2v) is 5.02. The van der Waals surface area contributed by atoms with Crippen molar-refractivity contribution < 1.29 is 14.6 Å². The summed E-state index contributed by atoms with van der Waals surface area (Å²) in [7, 11) is 0. The fourth-order valence-corrected chi connectivity index (χ4v) is 2.27. The third-order valence-corrected chi connectivity index (χ3v) is 3.37. The summed E-state index contributed by atoms with van der Waals surface area (Å²) in [6, 6.07) is 16.1. The highest BCUT2D eigenvalue weighted by Crippen LogP contribution is 2.19. The van der Waals surface area contributed by atoms with E-state index < -0.39 is 0 Å². The van der Waals surface area contributed by atoms with E-state index in [2.05, 4.69) is 10.4 Å². The van der Waals surface area contributed by atoms with E-state index in [1.807, 2.05) is 18.2 Å². The summed E-state index contributed by atoms with van der Waals surface area (Å²) in [6.45, 7) is 0.200. The lowest BCUT2D eigenvalue weighted by molar-refractivity contribution is 0.102. The monoisotopic (exact) mass is 323 g/mol. The van der Waals surface area contributed by atoms with Gasteiger partial charge in [-0.15, -0.1) is 0 Å². The average Bonchev–Trinajstić information content (AvgIpc) is 3.15. The molecule has 0 spiro atoms. The molecule has 2 aromatic carbocycles. The molecule has 0 aliphatic rings. The summed E-state index contributed by atoms with van der Waals surface area (Å²) >= 11 is 0. The van der Waals surface area contributed by atoms with Gasteiger partial charge in [-0.1, -0.05) is 12.1 Å². The van der Waals surface area contributed by atoms with Gasteiger partial charge in [0, 0.05) is 18.1 Å². The number of aliphatic hydroxyl groups is 1. The lowest BCUT2D eigenvalue weighted by atomic mass is 10.1. The maximum atomic E-state index is 12.6. The molecule has 6 nitrogen and oxygen atoms in total. The zero-order chi connectivity index (χ0) is 16.8. The molecule has 0 unspecified atom stereocenters. The first kappa shape index (κ1) is 15.8. The van der Waals surface area contributed by atoms with Gasteiger partial charge < -0.3 is 15.2 Å². The van der Waals surface area contributed by atoms with Crippen LogP contribution in [0.2, 0.25) is 0 Å². The lowest BCUT2D eigenvalue weighted by Gasteiger charge is -2.11. The maximum Gasteiger partial charge on any atom is 0.257 e. The van der Waals surface area contributed by atoms with Crippen LogP contribution in [0.15, 0.2) is 67.0 Å². The van der Waals surface area contributed by atoms with Crippen LogP contribution in [0.25, 0.3) is 5.69 Å². The highest BCUT2D eigenvalue weighted by atomic mass is 16.5. The van der Waals surface area contributed by atoms with Gasteiger partial charge in [0.05, 0.1) is 17.9 Å². The van der Waals surface area contributed by atoms with Gasteiger partial charge in [0.1, 0.15) is 12.4 Å². The first-order chi connectivity index (χ1) is 11.8. The number of carbonyl (C=O) groups excluding carboxylic acids is 1. The normalized spacial score (nSPS) is 10.4. The predicted molar refractivity (Wildman–Crippen MR) is 90.5 cm³/mol. The molecule has 0 aliphatic heterocycles. The molecule has 1 heterocycles. The van der Waals surface area contributed by atoms with E-state index in [4.69, 9.17) is 9.84 Å². The fraction of sp³-hybridized carbons (Fsp3) is 0.111. The molecular formula is C18H17N3O3. The van der Waals surface area contributed by atoms with E-state index in [-0.39, 0.29) is 19.1 Å². The molecule has 3 aromatic rings. The molecule has 1 aromatic heterocycles. The van der Waals surface area contributed by atoms with Crippen molar-refractivity contribution in [1.82, 2.24) is 9.78 Å². The second kappa shape index (κ2) is 7.43. The smallest absolute Gasteiger partial charge is 0.257 e. The van der Waals surface area contributed by atoms with Crippen molar-refractivity contribution >= 4 is 11.6 Å². The minimum Gasteiger partial charge on any atom is -0.491 e. The Hall–Kier alpha value is -3.12. The molecule has 0 aliphatic carbocycles. The number of anilines is 1. The van der Waals surface area contributed by atoms with Crippen molar-refractivity contribution in [3.8, 4) is 11.4 Å². The van der Waals surface area contributed by atoms with E-state index in [1.165, 1.54) is 0 Å². The summed E-state index contributed by atoms with van der Waals surface area (Å²) in [6.07, 6.45) is 3.46. The van der Waals surface area contributed by atoms with Gasteiger partial charge in [-0.25, -0.2) is 4.68 Å². The summed E-state index contributed by atoms with van der Waals surface area (Å²) in [5, 5.41) is 15.8. The van der Waals surface area contributed by atoms with Crippen LogP contribution >= 0.6 is 0 Å². The third kappa shape index (κ3) is 3.61. The molecule has 0 saturated carbocycles. The van der Waals surface area contributed by atoms with Gasteiger partial charge >= 0.3 is 0 Å². The number of amides is 1. The Morgan fingerprint density at radius 3 is 2.62 bits per heavy atom. The van der Waals surface area contributed by atoms with Gasteiger partial charge in [0.2, 0.25) is 0 Å². The quantitative estimate of drug-likeness (QED) is 0.731. The molecule has 3 rings (SSSR count). The van der Waals surface area contributed by atoms with Crippen molar-refractivity contribution in [2.24, 2.45) is 0 Å². The van der Waals surface area contributed by atoms with Crippen LogP contribution in [0.5, 0.6) is 5.75 Å². The number of aromatic nitrogens is 2. The Morgan fingerprint density at radius 2 is 1.92 bits per heavy atom. The maximum absolute atomic E-state index is 12.6. The number of benzene rings is 2. The fourth-order valence-electron chi connectivity index (χ4n) is 2.27. The Balaban J connectivity index is 1.76. The molecule has 0 atom stereocenters. The van der Waals surface area contributed by atoms with Crippen molar-refractivity contribution in [3.05, 3.63) is 72.6 Å². The molecular weight excluding hydrogens is 306 g/mol. The molecule has 0 fully saturated rings. The second-order valence-electron chi connectivity index (χ2n) is 5.02. The first-order valence-electron chi connectivity index (χ1n) is 7.52. The SMILES string of the molecule is O=C(Nc1ccc(OCCO)cc1)c1ccccc1-n1cccn1. The summed E-state index contributed by atoms with van der Waals surface area (Å²) in [4.78, 5) is 12.6. The zero-order valence-electron chi connectivity index (χ0n) is 12.9. The Labute approximate surface area is 139 Å². The zero-order valence-corrected chi connectivity index (χ0v) is 12.9. The van der Waals surface area contributed by atoms with Crippen molar-refractivity contribution in [3.63, 3.8) is 0 Å². The van der Waals surface area contributed by atoms with E-state index in [0.29, 0.717) is 22.7 Å². The number of nitrogens with zero attached hydrogens (tertiary/aromatic N) is 2. The number of hydrogen-bond donors (Lipinski definition) is 2. The Kier molecular flexibility index (Phi) is 4.88. The van der Waals surface area contributed by atoms with Gasteiger partial charge in [-0.3, -0.25) is 4.79 Å². The van der Waals surface area contributed by atoms with Crippen LogP contribution in [0, 0.1) is 0 Å². The minimum atomic E-state index is -0.217. The summed E-state index contributed by atoms with van der Waals surface area (Å²) in [5.74, 6) is 0.420. The van der Waals surface area contributed by atoms with Gasteiger partial charge in [0.15, 0.2) is 0 Å². The highest BCUT2D eigenvalue weighted by Gasteiger charge is 2.12. The van der Waals surface area contributed by atoms with Crippen molar-refractivity contribution in [1.29, 1.82) is 0 Å². The molecule has 0 bridgehead atoms. The lowest BCUT2D eigenvalue weighted by Crippen LogP contribution is -2.15. The number of para-hydroxylation sites is 1. The van der Waals surface area contributed by atoms with Crippen LogP contribution in [-0.4, -0.2) is 34.0 Å². The van der Waals surface area contributed by atoms with Crippen LogP contribution in [0.4, 0.5) is 5.69 Å². The van der Waals surface area contributed by atoms with Crippen molar-refractivity contribution in [2.75, 3.05) is 18.5 Å². The predicted octanol–water partition coefficient (Wildman–Crippen LogP) is 2.50. The van der Waals surface area contributed by atoms with Gasteiger partial charge in [-0.2, -0.15) is 5.10 Å². The largest absolute Gasteiger partial charge is 0.491 e. The van der Waals surface area contributed by atoms with Crippen LogP contribution in [0.1, 0.15) is 10.4 Å². The topological polar surface area (TPSA) is 76.4 Å². The number of ether oxygens (including phenoxy) is 1. The van der Waals surface area contributed by atoms with Crippen LogP contribution in [-0.2, 0) is 0 Å². The number of nitrogens with one attached hydrogen (secondary N) is 1. The van der Waals surface area contributed by atoms with Gasteiger partial charge in [-0.05, 0) is 42.5 Å². The number of carbonyl (C=O) groups is 1.